The van der Waals surface area contributed by atoms with Crippen molar-refractivity contribution in [3.8, 4) is 0 Å². The van der Waals surface area contributed by atoms with Crippen molar-refractivity contribution in [2.24, 2.45) is 0 Å². The molecule has 0 saturated heterocycles. The molecule has 0 radical (unpaired) electrons. The van der Waals surface area contributed by atoms with Crippen LogP contribution in [0.5, 0.6) is 0 Å². The van der Waals surface area contributed by atoms with Gasteiger partial charge in [0.05, 0.1) is 6.42 Å². The second-order valence-corrected chi connectivity index (χ2v) is 3.48. The molecule has 0 aliphatic carbocycles. The van der Waals surface area contributed by atoms with E-state index in [2.05, 4.69) is 13.8 Å². The van der Waals surface area contributed by atoms with Crippen LogP contribution in [0.15, 0.2) is 0 Å². The molecule has 0 unspecified atom stereocenters. The number of aliphatic carboxylic acids is 1. The fourth-order valence-corrected chi connectivity index (χ4v) is 1.03. The van der Waals surface area contributed by atoms with Crippen molar-refractivity contribution >= 4 is 5.97 Å². The minimum Gasteiger partial charge on any atom is -0.481 e. The number of carbonyl (C=O) groups is 1. The minimum atomic E-state index is -0.881. The van der Waals surface area contributed by atoms with Crippen LogP contribution >= 0.6 is 0 Å². The van der Waals surface area contributed by atoms with Gasteiger partial charge in [0, 0.05) is 13.2 Å². The summed E-state index contributed by atoms with van der Waals surface area (Å²) in [6.45, 7) is 5.27. The first-order chi connectivity index (χ1) is 7.20. The SMILES string of the molecule is CCCCOC(CC(=O)O)OCCCC. The van der Waals surface area contributed by atoms with Gasteiger partial charge in [0.15, 0.2) is 6.29 Å². The van der Waals surface area contributed by atoms with E-state index in [0.717, 1.165) is 25.7 Å². The first-order valence-corrected chi connectivity index (χ1v) is 5.65. The minimum absolute atomic E-state index is 0.0760. The fraction of sp³-hybridized carbons (Fsp3) is 0.909. The first kappa shape index (κ1) is 14.4. The normalized spacial score (nSPS) is 10.9. The Morgan fingerprint density at radius 3 is 1.93 bits per heavy atom. The van der Waals surface area contributed by atoms with Crippen LogP contribution in [0.3, 0.4) is 0 Å². The van der Waals surface area contributed by atoms with Crippen LogP contribution < -0.4 is 0 Å². The van der Waals surface area contributed by atoms with E-state index in [-0.39, 0.29) is 6.42 Å². The molecule has 0 rings (SSSR count). The summed E-state index contributed by atoms with van der Waals surface area (Å²) in [7, 11) is 0. The average molecular weight is 218 g/mol. The van der Waals surface area contributed by atoms with Gasteiger partial charge in [-0.25, -0.2) is 0 Å². The van der Waals surface area contributed by atoms with Crippen molar-refractivity contribution in [2.45, 2.75) is 52.2 Å². The Kier molecular flexibility index (Phi) is 9.52. The zero-order valence-corrected chi connectivity index (χ0v) is 9.70. The summed E-state index contributed by atoms with van der Waals surface area (Å²) in [6, 6.07) is 0. The average Bonchev–Trinajstić information content (AvgIpc) is 2.17. The van der Waals surface area contributed by atoms with Crippen molar-refractivity contribution in [2.75, 3.05) is 13.2 Å². The summed E-state index contributed by atoms with van der Waals surface area (Å²) in [5.41, 5.74) is 0. The number of carboxylic acid groups (broad SMARTS) is 1. The van der Waals surface area contributed by atoms with Gasteiger partial charge in [-0.1, -0.05) is 26.7 Å². The molecule has 0 aliphatic heterocycles. The van der Waals surface area contributed by atoms with Crippen LogP contribution in [0.4, 0.5) is 0 Å². The first-order valence-electron chi connectivity index (χ1n) is 5.65. The van der Waals surface area contributed by atoms with Crippen LogP contribution in [0.2, 0.25) is 0 Å². The lowest BCUT2D eigenvalue weighted by Gasteiger charge is -2.16. The third-order valence-corrected chi connectivity index (χ3v) is 1.94. The third-order valence-electron chi connectivity index (χ3n) is 1.94. The van der Waals surface area contributed by atoms with Crippen molar-refractivity contribution in [3.63, 3.8) is 0 Å². The predicted molar refractivity (Wildman–Crippen MR) is 57.8 cm³/mol. The second-order valence-electron chi connectivity index (χ2n) is 3.48. The van der Waals surface area contributed by atoms with Gasteiger partial charge < -0.3 is 14.6 Å². The number of carboxylic acids is 1. The van der Waals surface area contributed by atoms with E-state index in [0.29, 0.717) is 13.2 Å². The van der Waals surface area contributed by atoms with Crippen LogP contribution in [-0.2, 0) is 14.3 Å². The molecule has 0 saturated carbocycles. The molecule has 0 bridgehead atoms. The van der Waals surface area contributed by atoms with Crippen LogP contribution in [0.1, 0.15) is 46.0 Å². The van der Waals surface area contributed by atoms with Gasteiger partial charge in [0.1, 0.15) is 0 Å². The molecule has 0 heterocycles. The lowest BCUT2D eigenvalue weighted by Crippen LogP contribution is -2.22. The number of ether oxygens (including phenoxy) is 2. The molecule has 1 N–H and O–H groups in total. The maximum Gasteiger partial charge on any atom is 0.308 e. The Morgan fingerprint density at radius 2 is 1.60 bits per heavy atom. The molecule has 0 aromatic heterocycles. The molecular formula is C11H22O4. The van der Waals surface area contributed by atoms with E-state index in [1.165, 1.54) is 0 Å². The molecule has 90 valence electrons. The Morgan fingerprint density at radius 1 is 1.13 bits per heavy atom. The number of hydrogen-bond acceptors (Lipinski definition) is 3. The maximum absolute atomic E-state index is 10.5. The summed E-state index contributed by atoms with van der Waals surface area (Å²) >= 11 is 0. The lowest BCUT2D eigenvalue weighted by atomic mass is 10.3. The fourth-order valence-electron chi connectivity index (χ4n) is 1.03. The smallest absolute Gasteiger partial charge is 0.308 e. The molecule has 0 atom stereocenters. The van der Waals surface area contributed by atoms with Crippen molar-refractivity contribution < 1.29 is 19.4 Å². The summed E-state index contributed by atoms with van der Waals surface area (Å²) in [5, 5.41) is 8.64. The topological polar surface area (TPSA) is 55.8 Å². The highest BCUT2D eigenvalue weighted by molar-refractivity contribution is 5.67. The lowest BCUT2D eigenvalue weighted by molar-refractivity contribution is -0.167. The van der Waals surface area contributed by atoms with Gasteiger partial charge in [-0.15, -0.1) is 0 Å². The molecule has 0 aromatic rings. The second kappa shape index (κ2) is 9.93. The molecule has 4 heteroatoms. The highest BCUT2D eigenvalue weighted by Gasteiger charge is 2.13. The van der Waals surface area contributed by atoms with Crippen LogP contribution in [-0.4, -0.2) is 30.6 Å². The molecule has 0 aromatic carbocycles. The molecule has 0 aliphatic rings. The summed E-state index contributed by atoms with van der Waals surface area (Å²) < 4.78 is 10.7. The van der Waals surface area contributed by atoms with Gasteiger partial charge >= 0.3 is 5.97 Å². The van der Waals surface area contributed by atoms with Crippen molar-refractivity contribution in [1.82, 2.24) is 0 Å². The van der Waals surface area contributed by atoms with E-state index < -0.39 is 12.3 Å². The number of unbranched alkanes of at least 4 members (excludes halogenated alkanes) is 2. The predicted octanol–water partition coefficient (Wildman–Crippen LogP) is 2.42. The van der Waals surface area contributed by atoms with Gasteiger partial charge in [-0.2, -0.15) is 0 Å². The highest BCUT2D eigenvalue weighted by Crippen LogP contribution is 2.04. The van der Waals surface area contributed by atoms with Gasteiger partial charge in [-0.05, 0) is 12.8 Å². The summed E-state index contributed by atoms with van der Waals surface area (Å²) in [4.78, 5) is 10.5. The van der Waals surface area contributed by atoms with Crippen molar-refractivity contribution in [1.29, 1.82) is 0 Å². The molecule has 15 heavy (non-hydrogen) atoms. The molecule has 0 spiro atoms. The van der Waals surface area contributed by atoms with Crippen molar-refractivity contribution in [3.05, 3.63) is 0 Å². The summed E-state index contributed by atoms with van der Waals surface area (Å²) in [5.74, 6) is -0.881. The zero-order chi connectivity index (χ0) is 11.5. The third kappa shape index (κ3) is 9.69. The van der Waals surface area contributed by atoms with E-state index in [1.807, 2.05) is 0 Å². The molecule has 0 fully saturated rings. The highest BCUT2D eigenvalue weighted by atomic mass is 16.7. The zero-order valence-electron chi connectivity index (χ0n) is 9.70. The summed E-state index contributed by atoms with van der Waals surface area (Å²) in [6.07, 6.45) is 3.29. The van der Waals surface area contributed by atoms with E-state index in [9.17, 15) is 4.79 Å². The monoisotopic (exact) mass is 218 g/mol. The van der Waals surface area contributed by atoms with Gasteiger partial charge in [0.2, 0.25) is 0 Å². The Bertz CT molecular complexity index is 149. The number of rotatable bonds is 10. The standard InChI is InChI=1S/C11H22O4/c1-3-5-7-14-11(9-10(12)13)15-8-6-4-2/h11H,3-9H2,1-2H3,(H,12,13). The van der Waals surface area contributed by atoms with Crippen LogP contribution in [0, 0.1) is 0 Å². The Balaban J connectivity index is 3.68. The van der Waals surface area contributed by atoms with E-state index >= 15 is 0 Å². The maximum atomic E-state index is 10.5. The molecular weight excluding hydrogens is 196 g/mol. The van der Waals surface area contributed by atoms with E-state index in [1.54, 1.807) is 0 Å². The van der Waals surface area contributed by atoms with Crippen LogP contribution in [0.25, 0.3) is 0 Å². The van der Waals surface area contributed by atoms with Gasteiger partial charge in [-0.3, -0.25) is 4.79 Å². The van der Waals surface area contributed by atoms with E-state index in [4.69, 9.17) is 14.6 Å². The Labute approximate surface area is 91.6 Å². The largest absolute Gasteiger partial charge is 0.481 e. The Hall–Kier alpha value is -0.610. The molecule has 4 nitrogen and oxygen atoms in total. The number of hydrogen-bond donors (Lipinski definition) is 1. The molecule has 0 amide bonds. The quantitative estimate of drug-likeness (QED) is 0.452. The van der Waals surface area contributed by atoms with Gasteiger partial charge in [0.25, 0.3) is 0 Å².